The van der Waals surface area contributed by atoms with E-state index in [2.05, 4.69) is 20.4 Å². The van der Waals surface area contributed by atoms with Crippen molar-refractivity contribution in [2.75, 3.05) is 0 Å². The Balaban J connectivity index is 3.85. The minimum absolute atomic E-state index is 0.157. The Morgan fingerprint density at radius 1 is 1.25 bits per heavy atom. The van der Waals surface area contributed by atoms with Gasteiger partial charge in [0.2, 0.25) is 0 Å². The van der Waals surface area contributed by atoms with Crippen LogP contribution in [0.15, 0.2) is 12.2 Å². The van der Waals surface area contributed by atoms with Crippen LogP contribution in [-0.2, 0) is 4.79 Å². The summed E-state index contributed by atoms with van der Waals surface area (Å²) in [7, 11) is 0. The van der Waals surface area contributed by atoms with E-state index < -0.39 is 0 Å². The van der Waals surface area contributed by atoms with Crippen molar-refractivity contribution in [2.45, 2.75) is 40.5 Å². The first-order valence-corrected chi connectivity index (χ1v) is 4.60. The fourth-order valence-corrected chi connectivity index (χ4v) is 1.24. The molecule has 0 aliphatic heterocycles. The van der Waals surface area contributed by atoms with Crippen LogP contribution in [0.5, 0.6) is 0 Å². The zero-order valence-corrected chi connectivity index (χ0v) is 8.68. The molecule has 0 saturated carbocycles. The van der Waals surface area contributed by atoms with Crippen LogP contribution >= 0.6 is 0 Å². The van der Waals surface area contributed by atoms with Gasteiger partial charge in [0, 0.05) is 12.3 Å². The van der Waals surface area contributed by atoms with E-state index in [1.54, 1.807) is 0 Å². The highest BCUT2D eigenvalue weighted by atomic mass is 16.1. The largest absolute Gasteiger partial charge is 0.299 e. The van der Waals surface area contributed by atoms with Crippen molar-refractivity contribution >= 4 is 5.78 Å². The van der Waals surface area contributed by atoms with E-state index in [4.69, 9.17) is 0 Å². The van der Waals surface area contributed by atoms with Crippen LogP contribution in [0.25, 0.3) is 0 Å². The molecule has 0 heterocycles. The van der Waals surface area contributed by atoms with Gasteiger partial charge >= 0.3 is 0 Å². The number of ketones is 1. The lowest BCUT2D eigenvalue weighted by molar-refractivity contribution is -0.123. The molecular weight excluding hydrogens is 148 g/mol. The summed E-state index contributed by atoms with van der Waals surface area (Å²) in [6.45, 7) is 11.9. The highest BCUT2D eigenvalue weighted by molar-refractivity contribution is 5.81. The molecule has 0 radical (unpaired) electrons. The number of Topliss-reactive ketones (excluding diaryl/α,β-unsaturated/α-hetero) is 1. The molecule has 0 aliphatic rings. The van der Waals surface area contributed by atoms with Crippen LogP contribution in [-0.4, -0.2) is 5.78 Å². The first-order valence-electron chi connectivity index (χ1n) is 4.60. The highest BCUT2D eigenvalue weighted by Crippen LogP contribution is 2.14. The van der Waals surface area contributed by atoms with Crippen molar-refractivity contribution < 1.29 is 4.79 Å². The minimum Gasteiger partial charge on any atom is -0.299 e. The molecule has 0 amide bonds. The smallest absolute Gasteiger partial charge is 0.136 e. The van der Waals surface area contributed by atoms with E-state index in [0.717, 1.165) is 12.0 Å². The van der Waals surface area contributed by atoms with Gasteiger partial charge in [-0.1, -0.05) is 26.3 Å². The fraction of sp³-hybridized carbons (Fsp3) is 0.727. The van der Waals surface area contributed by atoms with Gasteiger partial charge in [0.15, 0.2) is 0 Å². The van der Waals surface area contributed by atoms with Crippen molar-refractivity contribution in [3.05, 3.63) is 12.2 Å². The highest BCUT2D eigenvalue weighted by Gasteiger charge is 2.13. The summed E-state index contributed by atoms with van der Waals surface area (Å²) in [5.41, 5.74) is 1.10. The molecule has 0 rings (SSSR count). The quantitative estimate of drug-likeness (QED) is 0.576. The Bertz CT molecular complexity index is 168. The van der Waals surface area contributed by atoms with Crippen LogP contribution < -0.4 is 0 Å². The second-order valence-corrected chi connectivity index (χ2v) is 4.13. The van der Waals surface area contributed by atoms with Gasteiger partial charge in [0.05, 0.1) is 0 Å². The van der Waals surface area contributed by atoms with Gasteiger partial charge < -0.3 is 0 Å². The average Bonchev–Trinajstić information content (AvgIpc) is 1.84. The zero-order chi connectivity index (χ0) is 9.72. The molecule has 0 aliphatic carbocycles. The van der Waals surface area contributed by atoms with Crippen molar-refractivity contribution in [3.63, 3.8) is 0 Å². The number of carbonyl (C=O) groups excluding carboxylic acids is 1. The van der Waals surface area contributed by atoms with E-state index in [-0.39, 0.29) is 5.92 Å². The third kappa shape index (κ3) is 5.11. The second kappa shape index (κ2) is 5.13. The molecule has 1 nitrogen and oxygen atoms in total. The number of rotatable bonds is 5. The number of hydrogen-bond acceptors (Lipinski definition) is 1. The Labute approximate surface area is 75.9 Å². The zero-order valence-electron chi connectivity index (χ0n) is 8.68. The molecule has 0 spiro atoms. The van der Waals surface area contributed by atoms with Gasteiger partial charge in [0.25, 0.3) is 0 Å². The predicted molar refractivity (Wildman–Crippen MR) is 53.1 cm³/mol. The number of carbonyl (C=O) groups is 1. The third-order valence-electron chi connectivity index (χ3n) is 1.81. The van der Waals surface area contributed by atoms with Gasteiger partial charge in [-0.15, -0.1) is 6.58 Å². The molecular formula is C11H20O. The molecule has 0 aromatic carbocycles. The van der Waals surface area contributed by atoms with E-state index in [1.807, 2.05) is 13.8 Å². The minimum atomic E-state index is 0.157. The molecule has 0 aromatic heterocycles. The average molecular weight is 168 g/mol. The number of allylic oxidation sites excluding steroid dienone is 1. The Kier molecular flexibility index (Phi) is 4.87. The molecule has 70 valence electrons. The van der Waals surface area contributed by atoms with Crippen LogP contribution in [0.1, 0.15) is 40.5 Å². The third-order valence-corrected chi connectivity index (χ3v) is 1.81. The maximum Gasteiger partial charge on any atom is 0.136 e. The molecule has 0 N–H and O–H groups in total. The summed E-state index contributed by atoms with van der Waals surface area (Å²) in [6, 6.07) is 0. The molecule has 0 fully saturated rings. The second-order valence-electron chi connectivity index (χ2n) is 4.13. The van der Waals surface area contributed by atoms with Gasteiger partial charge in [0.1, 0.15) is 5.78 Å². The molecule has 1 unspecified atom stereocenters. The lowest BCUT2D eigenvalue weighted by Gasteiger charge is -2.11. The molecule has 12 heavy (non-hydrogen) atoms. The molecule has 0 aromatic rings. The fourth-order valence-electron chi connectivity index (χ4n) is 1.24. The van der Waals surface area contributed by atoms with Gasteiger partial charge in [-0.05, 0) is 19.3 Å². The Morgan fingerprint density at radius 2 is 1.75 bits per heavy atom. The van der Waals surface area contributed by atoms with Crippen molar-refractivity contribution in [1.82, 2.24) is 0 Å². The molecule has 0 saturated heterocycles. The van der Waals surface area contributed by atoms with Gasteiger partial charge in [-0.3, -0.25) is 4.79 Å². The van der Waals surface area contributed by atoms with Crippen LogP contribution in [0.2, 0.25) is 0 Å². The summed E-state index contributed by atoms with van der Waals surface area (Å²) in [6.07, 6.45) is 1.54. The maximum atomic E-state index is 11.4. The summed E-state index contributed by atoms with van der Waals surface area (Å²) in [4.78, 5) is 11.4. The summed E-state index contributed by atoms with van der Waals surface area (Å²) < 4.78 is 0. The molecule has 1 heteroatoms. The van der Waals surface area contributed by atoms with E-state index in [9.17, 15) is 4.79 Å². The first kappa shape index (κ1) is 11.4. The van der Waals surface area contributed by atoms with Crippen molar-refractivity contribution in [3.8, 4) is 0 Å². The lowest BCUT2D eigenvalue weighted by Crippen LogP contribution is -2.13. The lowest BCUT2D eigenvalue weighted by atomic mass is 9.93. The van der Waals surface area contributed by atoms with Crippen molar-refractivity contribution in [2.24, 2.45) is 11.8 Å². The first-order chi connectivity index (χ1) is 5.43. The summed E-state index contributed by atoms with van der Waals surface area (Å²) in [5.74, 6) is 1.00. The van der Waals surface area contributed by atoms with Gasteiger partial charge in [-0.2, -0.15) is 0 Å². The van der Waals surface area contributed by atoms with Gasteiger partial charge in [-0.25, -0.2) is 0 Å². The molecule has 1 atom stereocenters. The van der Waals surface area contributed by atoms with Crippen LogP contribution in [0.4, 0.5) is 0 Å². The van der Waals surface area contributed by atoms with E-state index in [0.29, 0.717) is 18.1 Å². The number of hydrogen-bond donors (Lipinski definition) is 0. The Morgan fingerprint density at radius 3 is 2.08 bits per heavy atom. The van der Waals surface area contributed by atoms with E-state index >= 15 is 0 Å². The summed E-state index contributed by atoms with van der Waals surface area (Å²) >= 11 is 0. The molecule has 0 bridgehead atoms. The Hall–Kier alpha value is -0.590. The van der Waals surface area contributed by atoms with Crippen LogP contribution in [0.3, 0.4) is 0 Å². The summed E-state index contributed by atoms with van der Waals surface area (Å²) in [5, 5.41) is 0. The normalized spacial score (nSPS) is 13.1. The SMILES string of the molecule is C=C(C)CC(C)C(=O)CC(C)C. The maximum absolute atomic E-state index is 11.4. The van der Waals surface area contributed by atoms with Crippen LogP contribution in [0, 0.1) is 11.8 Å². The monoisotopic (exact) mass is 168 g/mol. The predicted octanol–water partition coefficient (Wildman–Crippen LogP) is 3.20. The van der Waals surface area contributed by atoms with Crippen molar-refractivity contribution in [1.29, 1.82) is 0 Å². The van der Waals surface area contributed by atoms with E-state index in [1.165, 1.54) is 0 Å². The standard InChI is InChI=1S/C11H20O/c1-8(2)6-10(5)11(12)7-9(3)4/h9-10H,1,6-7H2,2-5H3. The topological polar surface area (TPSA) is 17.1 Å².